The van der Waals surface area contributed by atoms with Crippen molar-refractivity contribution in [3.8, 4) is 0 Å². The first-order valence-corrected chi connectivity index (χ1v) is 10.1. The molecule has 3 aromatic rings. The second-order valence-corrected chi connectivity index (χ2v) is 8.74. The predicted molar refractivity (Wildman–Crippen MR) is 101 cm³/mol. The third-order valence-electron chi connectivity index (χ3n) is 4.75. The summed E-state index contributed by atoms with van der Waals surface area (Å²) in [5.41, 5.74) is 3.15. The molecule has 7 heteroatoms. The van der Waals surface area contributed by atoms with E-state index in [1.807, 2.05) is 31.4 Å². The normalized spacial score (nSPS) is 17.8. The third kappa shape index (κ3) is 2.94. The van der Waals surface area contributed by atoms with Crippen LogP contribution < -0.4 is 0 Å². The van der Waals surface area contributed by atoms with Crippen LogP contribution in [-0.2, 0) is 23.6 Å². The number of benzene rings is 2. The van der Waals surface area contributed by atoms with Crippen LogP contribution in [0.4, 0.5) is 0 Å². The Hall–Kier alpha value is -2.15. The molecule has 0 amide bonds. The smallest absolute Gasteiger partial charge is 0.244 e. The van der Waals surface area contributed by atoms with Crippen LogP contribution in [0.25, 0.3) is 0 Å². The Labute approximate surface area is 157 Å². The molecule has 1 aliphatic rings. The van der Waals surface area contributed by atoms with E-state index in [2.05, 4.69) is 11.2 Å². The number of fused-ring (bicyclic) bond motifs is 1. The summed E-state index contributed by atoms with van der Waals surface area (Å²) in [4.78, 5) is 0.144. The molecule has 1 aromatic heterocycles. The van der Waals surface area contributed by atoms with E-state index in [1.54, 1.807) is 35.1 Å². The van der Waals surface area contributed by atoms with E-state index in [-0.39, 0.29) is 15.8 Å². The number of aromatic nitrogens is 2. The lowest BCUT2D eigenvalue weighted by Gasteiger charge is -2.33. The molecule has 0 radical (unpaired) electrons. The molecule has 0 aliphatic carbocycles. The molecule has 4 rings (SSSR count). The van der Waals surface area contributed by atoms with E-state index < -0.39 is 10.0 Å². The maximum Gasteiger partial charge on any atom is 0.244 e. The highest BCUT2D eigenvalue weighted by Crippen LogP contribution is 2.36. The summed E-state index contributed by atoms with van der Waals surface area (Å²) in [5, 5.41) is 4.49. The molecule has 1 atom stereocenters. The van der Waals surface area contributed by atoms with Gasteiger partial charge in [-0.25, -0.2) is 8.42 Å². The van der Waals surface area contributed by atoms with Gasteiger partial charge in [-0.05, 0) is 28.8 Å². The zero-order valence-corrected chi connectivity index (χ0v) is 15.8. The van der Waals surface area contributed by atoms with Gasteiger partial charge in [-0.1, -0.05) is 48.0 Å². The summed E-state index contributed by atoms with van der Waals surface area (Å²) in [6.07, 6.45) is 3.74. The molecule has 1 aliphatic heterocycles. The van der Waals surface area contributed by atoms with Crippen molar-refractivity contribution in [3.63, 3.8) is 0 Å². The molecule has 0 N–H and O–H groups in total. The van der Waals surface area contributed by atoms with Crippen LogP contribution in [-0.4, -0.2) is 29.0 Å². The van der Waals surface area contributed by atoms with Crippen LogP contribution in [0.2, 0.25) is 5.02 Å². The first kappa shape index (κ1) is 17.3. The van der Waals surface area contributed by atoms with Crippen molar-refractivity contribution in [2.24, 2.45) is 7.05 Å². The quantitative estimate of drug-likeness (QED) is 0.692. The van der Waals surface area contributed by atoms with Crippen LogP contribution in [0.5, 0.6) is 0 Å². The fourth-order valence-corrected chi connectivity index (χ4v) is 5.38. The Kier molecular flexibility index (Phi) is 4.34. The largest absolute Gasteiger partial charge is 0.276 e. The molecule has 0 fully saturated rings. The van der Waals surface area contributed by atoms with Crippen LogP contribution in [0, 0.1) is 0 Å². The van der Waals surface area contributed by atoms with E-state index in [9.17, 15) is 8.42 Å². The van der Waals surface area contributed by atoms with Crippen molar-refractivity contribution in [1.82, 2.24) is 14.1 Å². The Morgan fingerprint density at radius 3 is 2.58 bits per heavy atom. The maximum atomic E-state index is 13.2. The second-order valence-electron chi connectivity index (χ2n) is 6.43. The van der Waals surface area contributed by atoms with Crippen molar-refractivity contribution >= 4 is 21.6 Å². The molecule has 0 spiro atoms. The lowest BCUT2D eigenvalue weighted by molar-refractivity contribution is 0.371. The molecule has 0 saturated carbocycles. The van der Waals surface area contributed by atoms with Crippen molar-refractivity contribution in [2.45, 2.75) is 17.4 Å². The Morgan fingerprint density at radius 2 is 1.85 bits per heavy atom. The molecular weight excluding hydrogens is 370 g/mol. The summed E-state index contributed by atoms with van der Waals surface area (Å²) in [7, 11) is -1.84. The highest BCUT2D eigenvalue weighted by molar-refractivity contribution is 7.89. The minimum absolute atomic E-state index is 0.0640. The number of rotatable bonds is 3. The molecular formula is C19H18ClN3O2S. The number of hydrogen-bond donors (Lipinski definition) is 0. The van der Waals surface area contributed by atoms with Crippen molar-refractivity contribution in [2.75, 3.05) is 6.54 Å². The van der Waals surface area contributed by atoms with Gasteiger partial charge in [-0.3, -0.25) is 4.68 Å². The Balaban J connectivity index is 1.79. The first-order valence-electron chi connectivity index (χ1n) is 8.28. The minimum atomic E-state index is -3.70. The highest BCUT2D eigenvalue weighted by atomic mass is 35.5. The third-order valence-corrected chi connectivity index (χ3v) is 7.06. The van der Waals surface area contributed by atoms with Crippen molar-refractivity contribution in [3.05, 3.63) is 82.6 Å². The summed E-state index contributed by atoms with van der Waals surface area (Å²) < 4.78 is 29.7. The summed E-state index contributed by atoms with van der Waals surface area (Å²) in [5.74, 6) is -0.0640. The summed E-state index contributed by atoms with van der Waals surface area (Å²) in [6, 6.07) is 14.5. The molecule has 2 aromatic carbocycles. The maximum absolute atomic E-state index is 13.2. The van der Waals surface area contributed by atoms with E-state index in [0.717, 1.165) is 16.7 Å². The fourth-order valence-electron chi connectivity index (χ4n) is 3.46. The standard InChI is InChI=1S/C19H18ClN3O2S/c1-22-11-15(10-21-22)17-13-23(12-14-6-2-3-7-16(14)17)26(24,25)19-9-5-4-8-18(19)20/h2-11,17H,12-13H2,1H3/t17-/m1/s1. The van der Waals surface area contributed by atoms with Crippen LogP contribution in [0.1, 0.15) is 22.6 Å². The number of hydrogen-bond acceptors (Lipinski definition) is 3. The molecule has 2 heterocycles. The van der Waals surface area contributed by atoms with Crippen LogP contribution >= 0.6 is 11.6 Å². The van der Waals surface area contributed by atoms with Crippen molar-refractivity contribution < 1.29 is 8.42 Å². The predicted octanol–water partition coefficient (Wildman–Crippen LogP) is 3.41. The van der Waals surface area contributed by atoms with Gasteiger partial charge < -0.3 is 0 Å². The van der Waals surface area contributed by atoms with Gasteiger partial charge in [0.05, 0.1) is 11.2 Å². The molecule has 0 unspecified atom stereocenters. The van der Waals surface area contributed by atoms with E-state index in [1.165, 1.54) is 4.31 Å². The number of aryl methyl sites for hydroxylation is 1. The first-order chi connectivity index (χ1) is 12.5. The topological polar surface area (TPSA) is 55.2 Å². The number of halogens is 1. The zero-order valence-electron chi connectivity index (χ0n) is 14.2. The SMILES string of the molecule is Cn1cc([C@H]2CN(S(=O)(=O)c3ccccc3Cl)Cc3ccccc32)cn1. The van der Waals surface area contributed by atoms with Gasteiger partial charge in [0, 0.05) is 32.3 Å². The van der Waals surface area contributed by atoms with Crippen molar-refractivity contribution in [1.29, 1.82) is 0 Å². The summed E-state index contributed by atoms with van der Waals surface area (Å²) in [6.45, 7) is 0.691. The Morgan fingerprint density at radius 1 is 1.12 bits per heavy atom. The van der Waals surface area contributed by atoms with Gasteiger partial charge >= 0.3 is 0 Å². The average molecular weight is 388 g/mol. The molecule has 134 valence electrons. The second kappa shape index (κ2) is 6.54. The van der Waals surface area contributed by atoms with Gasteiger partial charge in [-0.15, -0.1) is 0 Å². The Bertz CT molecular complexity index is 1060. The molecule has 0 saturated heterocycles. The lowest BCUT2D eigenvalue weighted by atomic mass is 9.87. The number of sulfonamides is 1. The van der Waals surface area contributed by atoms with Crippen LogP contribution in [0.3, 0.4) is 0 Å². The summed E-state index contributed by atoms with van der Waals surface area (Å²) >= 11 is 6.17. The zero-order chi connectivity index (χ0) is 18.3. The molecule has 0 bridgehead atoms. The fraction of sp³-hybridized carbons (Fsp3) is 0.211. The molecule has 5 nitrogen and oxygen atoms in total. The van der Waals surface area contributed by atoms with Gasteiger partial charge in [0.25, 0.3) is 0 Å². The van der Waals surface area contributed by atoms with Gasteiger partial charge in [0.1, 0.15) is 4.90 Å². The van der Waals surface area contributed by atoms with Crippen LogP contribution in [0.15, 0.2) is 65.8 Å². The van der Waals surface area contributed by atoms with E-state index in [0.29, 0.717) is 13.1 Å². The molecule has 26 heavy (non-hydrogen) atoms. The monoisotopic (exact) mass is 387 g/mol. The average Bonchev–Trinajstić information content (AvgIpc) is 3.07. The van der Waals surface area contributed by atoms with Gasteiger partial charge in [0.2, 0.25) is 10.0 Å². The van der Waals surface area contributed by atoms with E-state index >= 15 is 0 Å². The van der Waals surface area contributed by atoms with E-state index in [4.69, 9.17) is 11.6 Å². The highest BCUT2D eigenvalue weighted by Gasteiger charge is 2.35. The minimum Gasteiger partial charge on any atom is -0.276 e. The van der Waals surface area contributed by atoms with Gasteiger partial charge in [0.15, 0.2) is 0 Å². The van der Waals surface area contributed by atoms with Gasteiger partial charge in [-0.2, -0.15) is 9.40 Å². The lowest BCUT2D eigenvalue weighted by Crippen LogP contribution is -2.38. The number of nitrogens with zero attached hydrogens (tertiary/aromatic N) is 3.